The number of hydrogen-bond donors (Lipinski definition) is 0. The van der Waals surface area contributed by atoms with Crippen LogP contribution in [0.1, 0.15) is 36.7 Å². The Morgan fingerprint density at radius 3 is 2.44 bits per heavy atom. The average Bonchev–Trinajstić information content (AvgIpc) is 2.63. The molecule has 0 aliphatic carbocycles. The molecule has 1 atom stereocenters. The van der Waals surface area contributed by atoms with E-state index in [1.165, 1.54) is 25.1 Å². The lowest BCUT2D eigenvalue weighted by Gasteiger charge is -2.14. The number of rotatable bonds is 5. The van der Waals surface area contributed by atoms with Gasteiger partial charge in [0.1, 0.15) is 11.0 Å². The summed E-state index contributed by atoms with van der Waals surface area (Å²) in [5.74, 6) is -0.429. The molecule has 0 aliphatic heterocycles. The number of ether oxygens (including phenoxy) is 1. The van der Waals surface area contributed by atoms with Crippen molar-refractivity contribution in [3.05, 3.63) is 57.6 Å². The number of methoxy groups -OCH3 is 1. The number of benzene rings is 2. The largest absolute Gasteiger partial charge is 0.465 e. The van der Waals surface area contributed by atoms with Crippen LogP contribution in [0.3, 0.4) is 0 Å². The zero-order valence-electron chi connectivity index (χ0n) is 15.3. The van der Waals surface area contributed by atoms with E-state index < -0.39 is 21.7 Å². The quantitative estimate of drug-likeness (QED) is 0.431. The monoisotopic (exact) mass is 443 g/mol. The Morgan fingerprint density at radius 2 is 1.81 bits per heavy atom. The molecule has 0 saturated carbocycles. The highest BCUT2D eigenvalue weighted by Crippen LogP contribution is 2.38. The zero-order chi connectivity index (χ0) is 20.2. The SMILES string of the molecule is COC(=O)c1ccccc1Sc1ccc(Cl)c(Cl)c1/C=N/S(=O)C(C)(C)C. The van der Waals surface area contributed by atoms with Crippen molar-refractivity contribution < 1.29 is 13.7 Å². The molecule has 0 fully saturated rings. The number of hydrogen-bond acceptors (Lipinski definition) is 4. The first-order valence-corrected chi connectivity index (χ1v) is 10.6. The highest BCUT2D eigenvalue weighted by Gasteiger charge is 2.20. The zero-order valence-corrected chi connectivity index (χ0v) is 18.4. The van der Waals surface area contributed by atoms with E-state index >= 15 is 0 Å². The molecule has 0 bridgehead atoms. The third kappa shape index (κ3) is 5.57. The predicted octanol–water partition coefficient (Wildman–Crippen LogP) is 5.81. The van der Waals surface area contributed by atoms with Crippen molar-refractivity contribution in [1.29, 1.82) is 0 Å². The second kappa shape index (κ2) is 9.24. The van der Waals surface area contributed by atoms with Crippen molar-refractivity contribution >= 4 is 58.1 Å². The van der Waals surface area contributed by atoms with Gasteiger partial charge in [0, 0.05) is 21.6 Å². The topological polar surface area (TPSA) is 55.7 Å². The van der Waals surface area contributed by atoms with Crippen LogP contribution >= 0.6 is 35.0 Å². The number of carbonyl (C=O) groups excluding carboxylic acids is 1. The average molecular weight is 444 g/mol. The fourth-order valence-corrected chi connectivity index (χ4v) is 3.97. The Bertz CT molecular complexity index is 908. The molecule has 144 valence electrons. The third-order valence-corrected chi connectivity index (χ3v) is 6.72. The first kappa shape index (κ1) is 22.0. The Hall–Kier alpha value is -1.34. The van der Waals surface area contributed by atoms with Crippen molar-refractivity contribution in [3.8, 4) is 0 Å². The molecule has 0 aliphatic rings. The van der Waals surface area contributed by atoms with Crippen molar-refractivity contribution in [2.75, 3.05) is 7.11 Å². The Kier molecular flexibility index (Phi) is 7.51. The van der Waals surface area contributed by atoms with E-state index in [-0.39, 0.29) is 0 Å². The van der Waals surface area contributed by atoms with Gasteiger partial charge in [0.25, 0.3) is 0 Å². The number of carbonyl (C=O) groups is 1. The van der Waals surface area contributed by atoms with Crippen molar-refractivity contribution in [2.45, 2.75) is 35.3 Å². The summed E-state index contributed by atoms with van der Waals surface area (Å²) in [6.45, 7) is 5.51. The molecule has 8 heteroatoms. The van der Waals surface area contributed by atoms with E-state index in [9.17, 15) is 9.00 Å². The normalized spacial score (nSPS) is 13.0. The number of nitrogens with zero attached hydrogens (tertiary/aromatic N) is 1. The Labute approximate surface area is 175 Å². The fourth-order valence-electron chi connectivity index (χ4n) is 1.97. The van der Waals surface area contributed by atoms with E-state index in [1.54, 1.807) is 24.3 Å². The van der Waals surface area contributed by atoms with Gasteiger partial charge in [-0.2, -0.15) is 4.40 Å². The van der Waals surface area contributed by atoms with Crippen LogP contribution in [0.4, 0.5) is 0 Å². The summed E-state index contributed by atoms with van der Waals surface area (Å²) in [4.78, 5) is 13.4. The smallest absolute Gasteiger partial charge is 0.339 e. The van der Waals surface area contributed by atoms with E-state index in [1.807, 2.05) is 32.9 Å². The molecular weight excluding hydrogens is 425 g/mol. The van der Waals surface area contributed by atoms with Gasteiger partial charge in [0.15, 0.2) is 0 Å². The first-order chi connectivity index (χ1) is 12.6. The van der Waals surface area contributed by atoms with Crippen LogP contribution in [0, 0.1) is 0 Å². The molecule has 0 amide bonds. The predicted molar refractivity (Wildman–Crippen MR) is 114 cm³/mol. The minimum Gasteiger partial charge on any atom is -0.465 e. The highest BCUT2D eigenvalue weighted by atomic mass is 35.5. The van der Waals surface area contributed by atoms with Gasteiger partial charge in [-0.25, -0.2) is 9.00 Å². The van der Waals surface area contributed by atoms with E-state index in [4.69, 9.17) is 27.9 Å². The highest BCUT2D eigenvalue weighted by molar-refractivity contribution is 7.99. The van der Waals surface area contributed by atoms with Crippen LogP contribution in [0.2, 0.25) is 10.0 Å². The maximum absolute atomic E-state index is 12.3. The van der Waals surface area contributed by atoms with Crippen molar-refractivity contribution in [3.63, 3.8) is 0 Å². The molecular formula is C19H19Cl2NO3S2. The lowest BCUT2D eigenvalue weighted by Crippen LogP contribution is -2.19. The summed E-state index contributed by atoms with van der Waals surface area (Å²) in [5, 5.41) is 0.678. The molecule has 2 aromatic rings. The minimum absolute atomic E-state index is 0.312. The van der Waals surface area contributed by atoms with E-state index in [0.29, 0.717) is 26.1 Å². The second-order valence-corrected chi connectivity index (χ2v) is 10.3. The molecule has 27 heavy (non-hydrogen) atoms. The molecule has 2 rings (SSSR count). The molecule has 0 aromatic heterocycles. The second-order valence-electron chi connectivity index (χ2n) is 6.46. The van der Waals surface area contributed by atoms with Gasteiger partial charge in [0.05, 0.1) is 27.5 Å². The van der Waals surface area contributed by atoms with Crippen molar-refractivity contribution in [2.24, 2.45) is 4.40 Å². The van der Waals surface area contributed by atoms with Crippen molar-refractivity contribution in [1.82, 2.24) is 0 Å². The minimum atomic E-state index is -1.44. The molecule has 0 spiro atoms. The third-order valence-electron chi connectivity index (χ3n) is 3.41. The summed E-state index contributed by atoms with van der Waals surface area (Å²) < 4.78 is 20.7. The summed E-state index contributed by atoms with van der Waals surface area (Å²) in [5.41, 5.74) is 0.990. The molecule has 0 heterocycles. The summed E-state index contributed by atoms with van der Waals surface area (Å²) >= 11 is 13.8. The van der Waals surface area contributed by atoms with E-state index in [0.717, 1.165) is 4.90 Å². The van der Waals surface area contributed by atoms with Crippen LogP contribution in [-0.4, -0.2) is 28.2 Å². The molecule has 2 aromatic carbocycles. The molecule has 1 unspecified atom stereocenters. The fraction of sp³-hybridized carbons (Fsp3) is 0.263. The number of halogens is 2. The molecule has 0 N–H and O–H groups in total. The van der Waals surface area contributed by atoms with Crippen LogP contribution in [0.15, 0.2) is 50.6 Å². The lowest BCUT2D eigenvalue weighted by molar-refractivity contribution is 0.0597. The van der Waals surface area contributed by atoms with Crippen LogP contribution in [0.5, 0.6) is 0 Å². The standard InChI is InChI=1S/C19H19Cl2NO3S2/c1-19(2,3)27(24)22-11-13-16(10-9-14(20)17(13)21)26-15-8-6-5-7-12(15)18(23)25-4/h5-11H,1-4H3/b22-11+. The summed E-state index contributed by atoms with van der Waals surface area (Å²) in [7, 11) is -0.100. The maximum atomic E-state index is 12.3. The van der Waals surface area contributed by atoms with E-state index in [2.05, 4.69) is 4.40 Å². The molecule has 0 radical (unpaired) electrons. The molecule has 0 saturated heterocycles. The van der Waals surface area contributed by atoms with Gasteiger partial charge >= 0.3 is 5.97 Å². The van der Waals surface area contributed by atoms with Gasteiger partial charge in [-0.15, -0.1) is 0 Å². The van der Waals surface area contributed by atoms with Gasteiger partial charge in [0.2, 0.25) is 0 Å². The van der Waals surface area contributed by atoms with Crippen LogP contribution in [0.25, 0.3) is 0 Å². The van der Waals surface area contributed by atoms with Gasteiger partial charge in [-0.3, -0.25) is 0 Å². The Morgan fingerprint density at radius 1 is 1.15 bits per heavy atom. The maximum Gasteiger partial charge on any atom is 0.339 e. The summed E-state index contributed by atoms with van der Waals surface area (Å²) in [6, 6.07) is 10.6. The first-order valence-electron chi connectivity index (χ1n) is 7.94. The van der Waals surface area contributed by atoms with Gasteiger partial charge < -0.3 is 4.74 Å². The van der Waals surface area contributed by atoms with Crippen LogP contribution < -0.4 is 0 Å². The summed E-state index contributed by atoms with van der Waals surface area (Å²) in [6.07, 6.45) is 1.47. The lowest BCUT2D eigenvalue weighted by atomic mass is 10.2. The Balaban J connectivity index is 2.48. The number of esters is 1. The molecule has 4 nitrogen and oxygen atoms in total. The van der Waals surface area contributed by atoms with Gasteiger partial charge in [-0.1, -0.05) is 47.1 Å². The van der Waals surface area contributed by atoms with Crippen LogP contribution in [-0.2, 0) is 15.7 Å². The van der Waals surface area contributed by atoms with Gasteiger partial charge in [-0.05, 0) is 45.0 Å².